The molecule has 1 aromatic carbocycles. The number of halogens is 2. The Morgan fingerprint density at radius 1 is 1.31 bits per heavy atom. The number of benzene rings is 1. The second-order valence-corrected chi connectivity index (χ2v) is 4.48. The zero-order valence-corrected chi connectivity index (χ0v) is 12.2. The van der Waals surface area contributed by atoms with E-state index >= 15 is 0 Å². The van der Waals surface area contributed by atoms with Gasteiger partial charge in [0.15, 0.2) is 0 Å². The van der Waals surface area contributed by atoms with Gasteiger partial charge >= 0.3 is 51.4 Å². The Hall–Kier alpha value is 1.35. The summed E-state index contributed by atoms with van der Waals surface area (Å²) in [6, 6.07) is 6.04. The Kier molecular flexibility index (Phi) is 6.67. The predicted octanol–water partition coefficient (Wildman–Crippen LogP) is -1.11. The summed E-state index contributed by atoms with van der Waals surface area (Å²) in [6.45, 7) is 0. The summed E-state index contributed by atoms with van der Waals surface area (Å²) in [7, 11) is -3.65. The molecule has 7 heteroatoms. The summed E-state index contributed by atoms with van der Waals surface area (Å²) in [5, 5.41) is 0.144. The van der Waals surface area contributed by atoms with Gasteiger partial charge in [-0.15, -0.1) is 4.24 Å². The van der Waals surface area contributed by atoms with Crippen LogP contribution in [0, 0.1) is 0 Å². The minimum absolute atomic E-state index is 0. The minimum Gasteiger partial charge on any atom is -1.00 e. The smallest absolute Gasteiger partial charge is 1.00 e. The molecule has 0 atom stereocenters. The Morgan fingerprint density at radius 2 is 1.85 bits per heavy atom. The molecule has 13 heavy (non-hydrogen) atoms. The van der Waals surface area contributed by atoms with Crippen LogP contribution in [0.25, 0.3) is 0 Å². The molecule has 0 aliphatic rings. The molecule has 1 rings (SSSR count). The molecule has 0 unspecified atom stereocenters. The summed E-state index contributed by atoms with van der Waals surface area (Å²) < 4.78 is 23.8. The second-order valence-electron chi connectivity index (χ2n) is 2.01. The van der Waals surface area contributed by atoms with E-state index < -0.39 is 10.0 Å². The van der Waals surface area contributed by atoms with Gasteiger partial charge in [-0.2, -0.15) is 0 Å². The van der Waals surface area contributed by atoms with E-state index in [1.807, 2.05) is 0 Å². The van der Waals surface area contributed by atoms with Gasteiger partial charge in [0, 0.05) is 0 Å². The van der Waals surface area contributed by atoms with Gasteiger partial charge in [0.1, 0.15) is 4.90 Å². The Bertz CT molecular complexity index is 387. The monoisotopic (exact) mass is 265 g/mol. The zero-order chi connectivity index (χ0) is 9.19. The Morgan fingerprint density at radius 3 is 2.31 bits per heavy atom. The van der Waals surface area contributed by atoms with Crippen LogP contribution in [0.3, 0.4) is 0 Å². The SMILES string of the molecule is O=S(=O)(NCl)c1ccccc1Cl.[H-].[K+]. The van der Waals surface area contributed by atoms with Gasteiger partial charge in [-0.1, -0.05) is 23.7 Å². The first kappa shape index (κ1) is 14.3. The van der Waals surface area contributed by atoms with Crippen molar-refractivity contribution in [1.29, 1.82) is 0 Å². The molecule has 0 aliphatic carbocycles. The first-order chi connectivity index (χ1) is 5.58. The van der Waals surface area contributed by atoms with E-state index in [0.29, 0.717) is 0 Å². The summed E-state index contributed by atoms with van der Waals surface area (Å²) in [4.78, 5) is -0.0262. The van der Waals surface area contributed by atoms with Gasteiger partial charge in [0.05, 0.1) is 5.02 Å². The fourth-order valence-corrected chi connectivity index (χ4v) is 2.06. The van der Waals surface area contributed by atoms with E-state index in [1.54, 1.807) is 16.4 Å². The maximum absolute atomic E-state index is 11.1. The van der Waals surface area contributed by atoms with Crippen molar-refractivity contribution in [2.45, 2.75) is 4.90 Å². The standard InChI is InChI=1S/C6H5Cl2NO2S.K.H/c7-5-3-1-2-4-6(5)12(10,11)9-8;;/h1-4,9H;;/q;+1;-1. The van der Waals surface area contributed by atoms with Crippen molar-refractivity contribution in [2.75, 3.05) is 0 Å². The van der Waals surface area contributed by atoms with Crippen LogP contribution in [0.15, 0.2) is 29.2 Å². The van der Waals surface area contributed by atoms with Crippen LogP contribution in [0.4, 0.5) is 0 Å². The third kappa shape index (κ3) is 3.77. The molecule has 3 nitrogen and oxygen atoms in total. The van der Waals surface area contributed by atoms with Crippen LogP contribution in [0.1, 0.15) is 1.43 Å². The van der Waals surface area contributed by atoms with Crippen LogP contribution in [-0.4, -0.2) is 8.42 Å². The molecule has 0 aliphatic heterocycles. The van der Waals surface area contributed by atoms with Gasteiger partial charge in [0.25, 0.3) is 10.0 Å². The maximum Gasteiger partial charge on any atom is 1.00 e. The van der Waals surface area contributed by atoms with Crippen molar-refractivity contribution in [2.24, 2.45) is 0 Å². The Labute approximate surface area is 131 Å². The third-order valence-corrected chi connectivity index (χ3v) is 3.42. The fourth-order valence-electron chi connectivity index (χ4n) is 0.704. The first-order valence-corrected chi connectivity index (χ1v) is 5.19. The van der Waals surface area contributed by atoms with E-state index in [1.165, 1.54) is 12.1 Å². The van der Waals surface area contributed by atoms with Crippen molar-refractivity contribution in [3.63, 3.8) is 0 Å². The number of sulfonamides is 1. The topological polar surface area (TPSA) is 46.2 Å². The van der Waals surface area contributed by atoms with Gasteiger partial charge in [-0.3, -0.25) is 0 Å². The average molecular weight is 266 g/mol. The molecule has 1 N–H and O–H groups in total. The van der Waals surface area contributed by atoms with Gasteiger partial charge in [-0.25, -0.2) is 8.42 Å². The molecular formula is C6H6Cl2KNO2S. The number of rotatable bonds is 2. The zero-order valence-electron chi connectivity index (χ0n) is 7.79. The predicted molar refractivity (Wildman–Crippen MR) is 48.7 cm³/mol. The fraction of sp³-hybridized carbons (Fsp3) is 0. The van der Waals surface area contributed by atoms with Crippen LogP contribution in [0.5, 0.6) is 0 Å². The van der Waals surface area contributed by atoms with Crippen molar-refractivity contribution in [3.05, 3.63) is 29.3 Å². The summed E-state index contributed by atoms with van der Waals surface area (Å²) in [6.07, 6.45) is 0. The van der Waals surface area contributed by atoms with Crippen LogP contribution in [-0.2, 0) is 10.0 Å². The molecule has 0 aromatic heterocycles. The number of nitrogens with one attached hydrogen (secondary N) is 1. The van der Waals surface area contributed by atoms with Crippen LogP contribution < -0.4 is 55.6 Å². The van der Waals surface area contributed by atoms with Crippen molar-refractivity contribution < 1.29 is 61.2 Å². The molecule has 0 saturated heterocycles. The maximum atomic E-state index is 11.1. The van der Waals surface area contributed by atoms with E-state index in [9.17, 15) is 8.42 Å². The molecule has 68 valence electrons. The minimum atomic E-state index is -3.65. The largest absolute Gasteiger partial charge is 1.00 e. The van der Waals surface area contributed by atoms with E-state index in [2.05, 4.69) is 0 Å². The summed E-state index contributed by atoms with van der Waals surface area (Å²) >= 11 is 10.6. The van der Waals surface area contributed by atoms with Crippen molar-refractivity contribution >= 4 is 33.4 Å². The molecule has 0 saturated carbocycles. The van der Waals surface area contributed by atoms with Gasteiger partial charge in [-0.05, 0) is 23.9 Å². The van der Waals surface area contributed by atoms with E-state index in [4.69, 9.17) is 23.4 Å². The molecule has 0 fully saturated rings. The molecule has 0 amide bonds. The van der Waals surface area contributed by atoms with Crippen LogP contribution >= 0.6 is 23.4 Å². The molecule has 0 bridgehead atoms. The normalized spacial score (nSPS) is 10.6. The summed E-state index contributed by atoms with van der Waals surface area (Å²) in [5.74, 6) is 0. The second kappa shape index (κ2) is 6.04. The van der Waals surface area contributed by atoms with Gasteiger partial charge < -0.3 is 1.43 Å². The first-order valence-electron chi connectivity index (χ1n) is 2.95. The average Bonchev–Trinajstić information content (AvgIpc) is 2.05. The molecule has 1 aromatic rings. The quantitative estimate of drug-likeness (QED) is 0.545. The number of hydrogen-bond acceptors (Lipinski definition) is 2. The van der Waals surface area contributed by atoms with E-state index in [-0.39, 0.29) is 62.7 Å². The van der Waals surface area contributed by atoms with Crippen molar-refractivity contribution in [3.8, 4) is 0 Å². The number of hydrogen-bond donors (Lipinski definition) is 1. The van der Waals surface area contributed by atoms with Crippen molar-refractivity contribution in [1.82, 2.24) is 4.24 Å². The third-order valence-electron chi connectivity index (χ3n) is 1.23. The van der Waals surface area contributed by atoms with Gasteiger partial charge in [0.2, 0.25) is 0 Å². The molecule has 0 spiro atoms. The van der Waals surface area contributed by atoms with Crippen LogP contribution in [0.2, 0.25) is 5.02 Å². The molecule has 0 radical (unpaired) electrons. The van der Waals surface area contributed by atoms with E-state index in [0.717, 1.165) is 0 Å². The summed E-state index contributed by atoms with van der Waals surface area (Å²) in [5.41, 5.74) is 0. The Balaban J connectivity index is 0. The molecule has 0 heterocycles. The molecular weight excluding hydrogens is 260 g/mol.